The molecular formula is C10H13NO4. The van der Waals surface area contributed by atoms with Crippen LogP contribution < -0.4 is 4.74 Å². The summed E-state index contributed by atoms with van der Waals surface area (Å²) in [7, 11) is 0. The van der Waals surface area contributed by atoms with Gasteiger partial charge in [-0.15, -0.1) is 0 Å². The fourth-order valence-corrected chi connectivity index (χ4v) is 1.03. The molecule has 0 amide bonds. The second kappa shape index (κ2) is 5.31. The number of aliphatic hydroxyl groups is 1. The normalized spacial score (nSPS) is 12.1. The largest absolute Gasteiger partial charge is 0.492 e. The smallest absolute Gasteiger partial charge is 0.337 e. The summed E-state index contributed by atoms with van der Waals surface area (Å²) in [5, 5.41) is 17.8. The van der Waals surface area contributed by atoms with Crippen LogP contribution in [-0.2, 0) is 4.79 Å². The average Bonchev–Trinajstić information content (AvgIpc) is 2.25. The summed E-state index contributed by atoms with van der Waals surface area (Å²) in [5.74, 6) is -0.834. The van der Waals surface area contributed by atoms with Gasteiger partial charge < -0.3 is 14.9 Å². The van der Waals surface area contributed by atoms with E-state index in [1.807, 2.05) is 6.92 Å². The van der Waals surface area contributed by atoms with Crippen LogP contribution in [0.2, 0.25) is 0 Å². The highest BCUT2D eigenvalue weighted by molar-refractivity contribution is 5.73. The number of carbonyl (C=O) groups is 1. The van der Waals surface area contributed by atoms with Gasteiger partial charge in [0.15, 0.2) is 6.10 Å². The van der Waals surface area contributed by atoms with Crippen LogP contribution >= 0.6 is 0 Å². The van der Waals surface area contributed by atoms with Gasteiger partial charge in [0, 0.05) is 11.8 Å². The fraction of sp³-hybridized carbons (Fsp3) is 0.400. The van der Waals surface area contributed by atoms with E-state index in [2.05, 4.69) is 4.98 Å². The van der Waals surface area contributed by atoms with E-state index in [4.69, 9.17) is 9.84 Å². The van der Waals surface area contributed by atoms with Gasteiger partial charge in [0.1, 0.15) is 5.75 Å². The van der Waals surface area contributed by atoms with Gasteiger partial charge in [-0.25, -0.2) is 4.79 Å². The summed E-state index contributed by atoms with van der Waals surface area (Å²) >= 11 is 0. The zero-order valence-corrected chi connectivity index (χ0v) is 8.38. The highest BCUT2D eigenvalue weighted by Crippen LogP contribution is 2.17. The van der Waals surface area contributed by atoms with E-state index >= 15 is 0 Å². The van der Waals surface area contributed by atoms with Crippen molar-refractivity contribution in [2.75, 3.05) is 6.61 Å². The van der Waals surface area contributed by atoms with E-state index in [1.54, 1.807) is 0 Å². The molecule has 1 rings (SSSR count). The van der Waals surface area contributed by atoms with Crippen molar-refractivity contribution in [2.45, 2.75) is 19.4 Å². The van der Waals surface area contributed by atoms with Crippen molar-refractivity contribution in [1.29, 1.82) is 0 Å². The first-order valence-electron chi connectivity index (χ1n) is 4.63. The highest BCUT2D eigenvalue weighted by atomic mass is 16.5. The molecule has 0 radical (unpaired) electrons. The minimum Gasteiger partial charge on any atom is -0.492 e. The molecule has 1 aromatic heterocycles. The molecule has 15 heavy (non-hydrogen) atoms. The molecule has 0 fully saturated rings. The molecule has 5 heteroatoms. The average molecular weight is 211 g/mol. The van der Waals surface area contributed by atoms with Crippen molar-refractivity contribution in [3.63, 3.8) is 0 Å². The highest BCUT2D eigenvalue weighted by Gasteiger charge is 2.16. The number of nitrogens with zero attached hydrogens (tertiary/aromatic N) is 1. The van der Waals surface area contributed by atoms with Crippen LogP contribution in [0.5, 0.6) is 5.75 Å². The summed E-state index contributed by atoms with van der Waals surface area (Å²) < 4.78 is 5.26. The summed E-state index contributed by atoms with van der Waals surface area (Å²) in [4.78, 5) is 14.3. The maximum Gasteiger partial charge on any atom is 0.337 e. The van der Waals surface area contributed by atoms with Crippen LogP contribution in [0.4, 0.5) is 0 Å². The first-order valence-corrected chi connectivity index (χ1v) is 4.63. The van der Waals surface area contributed by atoms with Gasteiger partial charge in [-0.3, -0.25) is 4.98 Å². The Morgan fingerprint density at radius 2 is 2.33 bits per heavy atom. The number of carboxylic acid groups (broad SMARTS) is 1. The molecule has 0 aliphatic carbocycles. The molecule has 2 N–H and O–H groups in total. The van der Waals surface area contributed by atoms with Crippen LogP contribution in [0, 0.1) is 0 Å². The lowest BCUT2D eigenvalue weighted by Gasteiger charge is -2.08. The van der Waals surface area contributed by atoms with E-state index in [1.165, 1.54) is 18.5 Å². The van der Waals surface area contributed by atoms with E-state index in [0.29, 0.717) is 12.4 Å². The Hall–Kier alpha value is -1.62. The molecule has 82 valence electrons. The number of hydrogen-bond acceptors (Lipinski definition) is 4. The SMILES string of the molecule is CCCOc1cncc(C(O)C(=O)O)c1. The number of aromatic nitrogens is 1. The number of rotatable bonds is 5. The third-order valence-corrected chi connectivity index (χ3v) is 1.76. The molecule has 0 aromatic carbocycles. The van der Waals surface area contributed by atoms with Gasteiger partial charge in [-0.1, -0.05) is 6.92 Å². The van der Waals surface area contributed by atoms with Crippen molar-refractivity contribution >= 4 is 5.97 Å². The molecule has 1 atom stereocenters. The Balaban J connectivity index is 2.77. The molecule has 0 saturated carbocycles. The van der Waals surface area contributed by atoms with E-state index in [9.17, 15) is 9.90 Å². The van der Waals surface area contributed by atoms with Crippen LogP contribution in [0.1, 0.15) is 25.0 Å². The number of aliphatic hydroxyl groups excluding tert-OH is 1. The van der Waals surface area contributed by atoms with Crippen LogP contribution in [0.3, 0.4) is 0 Å². The number of hydrogen-bond donors (Lipinski definition) is 2. The second-order valence-corrected chi connectivity index (χ2v) is 3.04. The Morgan fingerprint density at radius 1 is 1.60 bits per heavy atom. The van der Waals surface area contributed by atoms with E-state index in [0.717, 1.165) is 6.42 Å². The first-order chi connectivity index (χ1) is 7.15. The Labute approximate surface area is 87.3 Å². The number of ether oxygens (including phenoxy) is 1. The zero-order chi connectivity index (χ0) is 11.3. The Kier molecular flexibility index (Phi) is 4.05. The maximum atomic E-state index is 10.5. The van der Waals surface area contributed by atoms with Gasteiger partial charge >= 0.3 is 5.97 Å². The number of carboxylic acids is 1. The van der Waals surface area contributed by atoms with Crippen molar-refractivity contribution in [3.05, 3.63) is 24.0 Å². The second-order valence-electron chi connectivity index (χ2n) is 3.04. The molecule has 0 bridgehead atoms. The van der Waals surface area contributed by atoms with Crippen molar-refractivity contribution < 1.29 is 19.7 Å². The molecule has 1 unspecified atom stereocenters. The van der Waals surface area contributed by atoms with Crippen molar-refractivity contribution in [2.24, 2.45) is 0 Å². The lowest BCUT2D eigenvalue weighted by molar-refractivity contribution is -0.146. The fourth-order valence-electron chi connectivity index (χ4n) is 1.03. The van der Waals surface area contributed by atoms with Gasteiger partial charge in [-0.05, 0) is 12.5 Å². The Bertz CT molecular complexity index is 340. The zero-order valence-electron chi connectivity index (χ0n) is 8.38. The minimum atomic E-state index is -1.55. The monoisotopic (exact) mass is 211 g/mol. The summed E-state index contributed by atoms with van der Waals surface area (Å²) in [6, 6.07) is 1.47. The summed E-state index contributed by atoms with van der Waals surface area (Å²) in [6.45, 7) is 2.50. The number of pyridine rings is 1. The maximum absolute atomic E-state index is 10.5. The third kappa shape index (κ3) is 3.21. The van der Waals surface area contributed by atoms with E-state index < -0.39 is 12.1 Å². The summed E-state index contributed by atoms with van der Waals surface area (Å²) in [5.41, 5.74) is 0.219. The molecule has 0 spiro atoms. The lowest BCUT2D eigenvalue weighted by Crippen LogP contribution is -2.11. The van der Waals surface area contributed by atoms with Crippen LogP contribution in [-0.4, -0.2) is 27.8 Å². The molecule has 0 aliphatic rings. The predicted octanol–water partition coefficient (Wildman–Crippen LogP) is 0.988. The molecule has 0 saturated heterocycles. The minimum absolute atomic E-state index is 0.219. The van der Waals surface area contributed by atoms with Gasteiger partial charge in [-0.2, -0.15) is 0 Å². The van der Waals surface area contributed by atoms with Crippen molar-refractivity contribution in [3.8, 4) is 5.75 Å². The molecule has 1 heterocycles. The molecule has 5 nitrogen and oxygen atoms in total. The number of aliphatic carboxylic acids is 1. The topological polar surface area (TPSA) is 79.7 Å². The van der Waals surface area contributed by atoms with Gasteiger partial charge in [0.25, 0.3) is 0 Å². The quantitative estimate of drug-likeness (QED) is 0.759. The third-order valence-electron chi connectivity index (χ3n) is 1.76. The van der Waals surface area contributed by atoms with Crippen molar-refractivity contribution in [1.82, 2.24) is 4.98 Å². The molecular weight excluding hydrogens is 198 g/mol. The summed E-state index contributed by atoms with van der Waals surface area (Å²) in [6.07, 6.45) is 2.08. The Morgan fingerprint density at radius 3 is 2.93 bits per heavy atom. The molecule has 0 aliphatic heterocycles. The van der Waals surface area contributed by atoms with E-state index in [-0.39, 0.29) is 5.56 Å². The lowest BCUT2D eigenvalue weighted by atomic mass is 10.1. The van der Waals surface area contributed by atoms with Crippen LogP contribution in [0.15, 0.2) is 18.5 Å². The van der Waals surface area contributed by atoms with Crippen LogP contribution in [0.25, 0.3) is 0 Å². The predicted molar refractivity (Wildman–Crippen MR) is 52.6 cm³/mol. The van der Waals surface area contributed by atoms with Gasteiger partial charge in [0.05, 0.1) is 12.8 Å². The first kappa shape index (κ1) is 11.5. The van der Waals surface area contributed by atoms with Gasteiger partial charge in [0.2, 0.25) is 0 Å². The standard InChI is InChI=1S/C10H13NO4/c1-2-3-15-8-4-7(5-11-6-8)9(12)10(13)14/h4-6,9,12H,2-3H2,1H3,(H,13,14). The molecule has 1 aromatic rings.